The smallest absolute Gasteiger partial charge is 0.263 e. The van der Waals surface area contributed by atoms with Crippen LogP contribution >= 0.6 is 0 Å². The lowest BCUT2D eigenvalue weighted by atomic mass is 9.95. The lowest BCUT2D eigenvalue weighted by Gasteiger charge is -2.17. The van der Waals surface area contributed by atoms with Gasteiger partial charge in [-0.15, -0.1) is 0 Å². The van der Waals surface area contributed by atoms with Gasteiger partial charge in [0.25, 0.3) is 10.0 Å². The maximum Gasteiger partial charge on any atom is 0.263 e. The minimum absolute atomic E-state index is 0.179. The van der Waals surface area contributed by atoms with Gasteiger partial charge >= 0.3 is 0 Å². The van der Waals surface area contributed by atoms with E-state index in [9.17, 15) is 8.42 Å². The second kappa shape index (κ2) is 13.2. The van der Waals surface area contributed by atoms with Crippen LogP contribution in [0.25, 0.3) is 11.1 Å². The highest BCUT2D eigenvalue weighted by atomic mass is 32.2. The number of aryl methyl sites for hydroxylation is 4. The molecule has 0 spiro atoms. The molecule has 4 aromatic rings. The van der Waals surface area contributed by atoms with Gasteiger partial charge in [0.1, 0.15) is 12.4 Å². The standard InChI is InChI=1S/C32H39N3O5S/c1-7-12-25-18-24(20-39-29-19-26(13-8-2)33-22(5)31(29)38-9-3)16-17-27(25)28-14-10-11-15-30(28)41(36,37)35-32-21(4)23(6)40-34-32/h10-11,14-19H,7-9,12-13,20H2,1-6H3,(H,34,35). The van der Waals surface area contributed by atoms with Crippen molar-refractivity contribution in [3.8, 4) is 22.6 Å². The van der Waals surface area contributed by atoms with Crippen LogP contribution in [-0.2, 0) is 29.5 Å². The number of nitrogens with one attached hydrogen (secondary N) is 1. The average molecular weight is 578 g/mol. The summed E-state index contributed by atoms with van der Waals surface area (Å²) in [6.45, 7) is 12.5. The zero-order chi connectivity index (χ0) is 29.6. The van der Waals surface area contributed by atoms with Gasteiger partial charge in [-0.05, 0) is 63.3 Å². The summed E-state index contributed by atoms with van der Waals surface area (Å²) in [4.78, 5) is 4.85. The summed E-state index contributed by atoms with van der Waals surface area (Å²) in [6, 6.07) is 15.1. The molecule has 0 saturated carbocycles. The van der Waals surface area contributed by atoms with Crippen molar-refractivity contribution in [1.29, 1.82) is 0 Å². The molecule has 0 saturated heterocycles. The number of rotatable bonds is 13. The van der Waals surface area contributed by atoms with E-state index in [4.69, 9.17) is 14.0 Å². The molecule has 0 aliphatic heterocycles. The predicted molar refractivity (Wildman–Crippen MR) is 161 cm³/mol. The fourth-order valence-electron chi connectivity index (χ4n) is 4.76. The van der Waals surface area contributed by atoms with Crippen LogP contribution in [0.1, 0.15) is 67.5 Å². The molecule has 2 aromatic heterocycles. The van der Waals surface area contributed by atoms with Crippen molar-refractivity contribution in [1.82, 2.24) is 10.1 Å². The summed E-state index contributed by atoms with van der Waals surface area (Å²) >= 11 is 0. The van der Waals surface area contributed by atoms with E-state index in [2.05, 4.69) is 34.8 Å². The Bertz CT molecular complexity index is 1610. The largest absolute Gasteiger partial charge is 0.488 e. The van der Waals surface area contributed by atoms with Crippen LogP contribution in [0.3, 0.4) is 0 Å². The molecule has 0 atom stereocenters. The number of ether oxygens (including phenoxy) is 2. The van der Waals surface area contributed by atoms with Crippen LogP contribution in [-0.4, -0.2) is 25.2 Å². The predicted octanol–water partition coefficient (Wildman–Crippen LogP) is 7.35. The van der Waals surface area contributed by atoms with Crippen molar-refractivity contribution in [2.75, 3.05) is 11.3 Å². The molecule has 0 bridgehead atoms. The van der Waals surface area contributed by atoms with Crippen LogP contribution < -0.4 is 14.2 Å². The first-order valence-electron chi connectivity index (χ1n) is 14.1. The van der Waals surface area contributed by atoms with Crippen molar-refractivity contribution in [3.05, 3.63) is 82.4 Å². The summed E-state index contributed by atoms with van der Waals surface area (Å²) in [6.07, 6.45) is 3.55. The molecule has 0 fully saturated rings. The van der Waals surface area contributed by atoms with Crippen LogP contribution in [0, 0.1) is 20.8 Å². The van der Waals surface area contributed by atoms with E-state index in [-0.39, 0.29) is 10.7 Å². The first-order valence-corrected chi connectivity index (χ1v) is 15.6. The van der Waals surface area contributed by atoms with Gasteiger partial charge in [-0.1, -0.05) is 68.2 Å². The topological polar surface area (TPSA) is 104 Å². The number of hydrogen-bond acceptors (Lipinski definition) is 7. The molecule has 41 heavy (non-hydrogen) atoms. The first kappa shape index (κ1) is 30.1. The number of anilines is 1. The maximum absolute atomic E-state index is 13.5. The van der Waals surface area contributed by atoms with Crippen LogP contribution in [0.15, 0.2) is 57.9 Å². The highest BCUT2D eigenvalue weighted by Crippen LogP contribution is 2.35. The van der Waals surface area contributed by atoms with E-state index in [0.717, 1.165) is 53.8 Å². The molecular formula is C32H39N3O5S. The summed E-state index contributed by atoms with van der Waals surface area (Å²) in [7, 11) is -3.93. The third kappa shape index (κ3) is 6.90. The van der Waals surface area contributed by atoms with Crippen molar-refractivity contribution in [3.63, 3.8) is 0 Å². The number of sulfonamides is 1. The second-order valence-electron chi connectivity index (χ2n) is 10.1. The zero-order valence-corrected chi connectivity index (χ0v) is 25.5. The van der Waals surface area contributed by atoms with Gasteiger partial charge in [0, 0.05) is 22.9 Å². The van der Waals surface area contributed by atoms with E-state index >= 15 is 0 Å². The molecule has 0 amide bonds. The molecule has 4 rings (SSSR count). The molecule has 0 aliphatic rings. The molecule has 0 aliphatic carbocycles. The van der Waals surface area contributed by atoms with Gasteiger partial charge in [0.15, 0.2) is 17.3 Å². The van der Waals surface area contributed by atoms with Crippen molar-refractivity contribution < 1.29 is 22.4 Å². The maximum atomic E-state index is 13.5. The Labute approximate surface area is 243 Å². The van der Waals surface area contributed by atoms with Gasteiger partial charge in [-0.25, -0.2) is 8.42 Å². The third-order valence-corrected chi connectivity index (χ3v) is 8.29. The van der Waals surface area contributed by atoms with Crippen molar-refractivity contribution in [2.24, 2.45) is 0 Å². The number of hydrogen-bond donors (Lipinski definition) is 1. The lowest BCUT2D eigenvalue weighted by molar-refractivity contribution is 0.266. The highest BCUT2D eigenvalue weighted by Gasteiger charge is 2.23. The second-order valence-corrected chi connectivity index (χ2v) is 11.7. The quantitative estimate of drug-likeness (QED) is 0.177. The van der Waals surface area contributed by atoms with Crippen molar-refractivity contribution in [2.45, 2.75) is 78.7 Å². The highest BCUT2D eigenvalue weighted by molar-refractivity contribution is 7.92. The molecular weight excluding hydrogens is 538 g/mol. The van der Waals surface area contributed by atoms with Crippen LogP contribution in [0.5, 0.6) is 11.5 Å². The summed E-state index contributed by atoms with van der Waals surface area (Å²) < 4.78 is 46.9. The fourth-order valence-corrected chi connectivity index (χ4v) is 6.04. The van der Waals surface area contributed by atoms with Gasteiger partial charge in [-0.3, -0.25) is 9.71 Å². The molecule has 2 heterocycles. The van der Waals surface area contributed by atoms with Gasteiger partial charge < -0.3 is 14.0 Å². The Morgan fingerprint density at radius 1 is 0.902 bits per heavy atom. The Morgan fingerprint density at radius 2 is 1.66 bits per heavy atom. The molecule has 9 heteroatoms. The number of nitrogens with zero attached hydrogens (tertiary/aromatic N) is 2. The minimum Gasteiger partial charge on any atom is -0.488 e. The summed E-state index contributed by atoms with van der Waals surface area (Å²) in [5.74, 6) is 2.11. The number of aromatic nitrogens is 2. The average Bonchev–Trinajstić information content (AvgIpc) is 3.25. The molecule has 1 N–H and O–H groups in total. The normalized spacial score (nSPS) is 11.5. The number of benzene rings is 2. The molecule has 0 unspecified atom stereocenters. The SMILES string of the molecule is CCCc1cc(OCc2ccc(-c3ccccc3S(=O)(=O)Nc3noc(C)c3C)c(CCC)c2)c(OCC)c(C)n1. The summed E-state index contributed by atoms with van der Waals surface area (Å²) in [5, 5.41) is 3.88. The monoisotopic (exact) mass is 577 g/mol. The Hall–Kier alpha value is -3.85. The Kier molecular flexibility index (Phi) is 9.70. The Morgan fingerprint density at radius 3 is 2.34 bits per heavy atom. The lowest BCUT2D eigenvalue weighted by Crippen LogP contribution is -2.15. The fraction of sp³-hybridized carbons (Fsp3) is 0.375. The summed E-state index contributed by atoms with van der Waals surface area (Å²) in [5.41, 5.74) is 5.97. The Balaban J connectivity index is 1.66. The van der Waals surface area contributed by atoms with Crippen LogP contribution in [0.4, 0.5) is 5.82 Å². The number of pyridine rings is 1. The van der Waals surface area contributed by atoms with Gasteiger partial charge in [0.05, 0.1) is 17.2 Å². The van der Waals surface area contributed by atoms with Crippen molar-refractivity contribution >= 4 is 15.8 Å². The molecule has 0 radical (unpaired) electrons. The van der Waals surface area contributed by atoms with Gasteiger partial charge in [0.2, 0.25) is 0 Å². The van der Waals surface area contributed by atoms with E-state index in [0.29, 0.717) is 41.6 Å². The first-order chi connectivity index (χ1) is 19.7. The molecule has 218 valence electrons. The molecule has 2 aromatic carbocycles. The van der Waals surface area contributed by atoms with E-state index in [1.807, 2.05) is 44.2 Å². The minimum atomic E-state index is -3.93. The van der Waals surface area contributed by atoms with E-state index < -0.39 is 10.0 Å². The van der Waals surface area contributed by atoms with E-state index in [1.54, 1.807) is 26.0 Å². The third-order valence-electron chi connectivity index (χ3n) is 6.89. The van der Waals surface area contributed by atoms with Crippen LogP contribution in [0.2, 0.25) is 0 Å². The van der Waals surface area contributed by atoms with Gasteiger partial charge in [-0.2, -0.15) is 0 Å². The zero-order valence-electron chi connectivity index (χ0n) is 24.7. The van der Waals surface area contributed by atoms with E-state index in [1.165, 1.54) is 0 Å². The molecule has 8 nitrogen and oxygen atoms in total.